The van der Waals surface area contributed by atoms with Gasteiger partial charge in [-0.15, -0.1) is 0 Å². The first kappa shape index (κ1) is 12.7. The van der Waals surface area contributed by atoms with E-state index in [4.69, 9.17) is 9.15 Å². The topological polar surface area (TPSA) is 34.4 Å². The van der Waals surface area contributed by atoms with Crippen LogP contribution in [0.15, 0.2) is 41.0 Å². The van der Waals surface area contributed by atoms with Crippen LogP contribution in [0.5, 0.6) is 5.75 Å². The van der Waals surface area contributed by atoms with Gasteiger partial charge >= 0.3 is 0 Å². The summed E-state index contributed by atoms with van der Waals surface area (Å²) in [5.41, 5.74) is 2.40. The zero-order chi connectivity index (χ0) is 13.0. The van der Waals surface area contributed by atoms with Gasteiger partial charge in [-0.1, -0.05) is 12.1 Å². The Morgan fingerprint density at radius 3 is 2.78 bits per heavy atom. The van der Waals surface area contributed by atoms with Crippen LogP contribution < -0.4 is 10.1 Å². The summed E-state index contributed by atoms with van der Waals surface area (Å²) in [6, 6.07) is 10.3. The minimum Gasteiger partial charge on any atom is -0.497 e. The fourth-order valence-corrected chi connectivity index (χ4v) is 2.10. The fraction of sp³-hybridized carbons (Fsp3) is 0.333. The first-order chi connectivity index (χ1) is 8.74. The Morgan fingerprint density at radius 2 is 2.17 bits per heavy atom. The number of methoxy groups -OCH3 is 1. The Labute approximate surface area is 108 Å². The summed E-state index contributed by atoms with van der Waals surface area (Å²) in [6.07, 6.45) is 2.61. The lowest BCUT2D eigenvalue weighted by molar-refractivity contribution is 0.411. The van der Waals surface area contributed by atoms with Gasteiger partial charge in [0.05, 0.1) is 19.4 Å². The van der Waals surface area contributed by atoms with Crippen LogP contribution in [0.4, 0.5) is 0 Å². The molecule has 3 heteroatoms. The summed E-state index contributed by atoms with van der Waals surface area (Å²) in [4.78, 5) is 0. The molecule has 1 aromatic carbocycles. The normalized spacial score (nSPS) is 12.4. The molecule has 0 fully saturated rings. The first-order valence-electron chi connectivity index (χ1n) is 6.08. The van der Waals surface area contributed by atoms with Crippen LogP contribution >= 0.6 is 0 Å². The molecule has 1 unspecified atom stereocenters. The second-order valence-electron chi connectivity index (χ2n) is 4.36. The Bertz CT molecular complexity index is 505. The Kier molecular flexibility index (Phi) is 4.05. The van der Waals surface area contributed by atoms with Crippen molar-refractivity contribution in [1.29, 1.82) is 0 Å². The molecule has 0 saturated carbocycles. The lowest BCUT2D eigenvalue weighted by Gasteiger charge is -2.15. The molecule has 0 amide bonds. The van der Waals surface area contributed by atoms with Gasteiger partial charge in [0, 0.05) is 0 Å². The summed E-state index contributed by atoms with van der Waals surface area (Å²) in [6.45, 7) is 2.06. The SMILES string of the molecule is CNC(Cc1cccc(OC)c1)c1occc1C. The second kappa shape index (κ2) is 5.74. The standard InChI is InChI=1S/C15H19NO2/c1-11-7-8-18-15(11)14(16-2)10-12-5-4-6-13(9-12)17-3/h4-9,14,16H,10H2,1-3H3. The van der Waals surface area contributed by atoms with E-state index in [1.165, 1.54) is 11.1 Å². The predicted molar refractivity (Wildman–Crippen MR) is 71.9 cm³/mol. The highest BCUT2D eigenvalue weighted by Crippen LogP contribution is 2.23. The van der Waals surface area contributed by atoms with Gasteiger partial charge in [-0.05, 0) is 49.7 Å². The number of hydrogen-bond acceptors (Lipinski definition) is 3. The molecule has 0 spiro atoms. The number of furan rings is 1. The van der Waals surface area contributed by atoms with E-state index in [1.807, 2.05) is 25.2 Å². The second-order valence-corrected chi connectivity index (χ2v) is 4.36. The average Bonchev–Trinajstić information content (AvgIpc) is 2.82. The summed E-state index contributed by atoms with van der Waals surface area (Å²) in [5.74, 6) is 1.89. The number of rotatable bonds is 5. The van der Waals surface area contributed by atoms with Crippen molar-refractivity contribution >= 4 is 0 Å². The molecule has 2 aromatic rings. The van der Waals surface area contributed by atoms with Gasteiger partial charge in [-0.2, -0.15) is 0 Å². The van der Waals surface area contributed by atoms with Crippen molar-refractivity contribution in [2.24, 2.45) is 0 Å². The zero-order valence-electron chi connectivity index (χ0n) is 11.1. The molecule has 96 valence electrons. The van der Waals surface area contributed by atoms with Crippen LogP contribution in [0.1, 0.15) is 22.9 Å². The van der Waals surface area contributed by atoms with E-state index in [0.717, 1.165) is 17.9 Å². The highest BCUT2D eigenvalue weighted by molar-refractivity contribution is 5.30. The Balaban J connectivity index is 2.18. The van der Waals surface area contributed by atoms with Crippen molar-refractivity contribution in [2.75, 3.05) is 14.2 Å². The lowest BCUT2D eigenvalue weighted by Crippen LogP contribution is -2.19. The van der Waals surface area contributed by atoms with Gasteiger partial charge in [-0.25, -0.2) is 0 Å². The summed E-state index contributed by atoms with van der Waals surface area (Å²) in [5, 5.41) is 3.30. The van der Waals surface area contributed by atoms with E-state index in [9.17, 15) is 0 Å². The summed E-state index contributed by atoms with van der Waals surface area (Å²) in [7, 11) is 3.64. The fourth-order valence-electron chi connectivity index (χ4n) is 2.10. The van der Waals surface area contributed by atoms with Crippen molar-refractivity contribution < 1.29 is 9.15 Å². The molecule has 1 aromatic heterocycles. The quantitative estimate of drug-likeness (QED) is 0.879. The van der Waals surface area contributed by atoms with Crippen LogP contribution in [-0.2, 0) is 6.42 Å². The number of ether oxygens (including phenoxy) is 1. The Morgan fingerprint density at radius 1 is 1.33 bits per heavy atom. The van der Waals surface area contributed by atoms with Crippen LogP contribution in [-0.4, -0.2) is 14.2 Å². The van der Waals surface area contributed by atoms with E-state index in [1.54, 1.807) is 13.4 Å². The van der Waals surface area contributed by atoms with Crippen molar-refractivity contribution in [1.82, 2.24) is 5.32 Å². The van der Waals surface area contributed by atoms with E-state index < -0.39 is 0 Å². The lowest BCUT2D eigenvalue weighted by atomic mass is 10.0. The number of nitrogens with one attached hydrogen (secondary N) is 1. The van der Waals surface area contributed by atoms with Gasteiger partial charge in [0.25, 0.3) is 0 Å². The van der Waals surface area contributed by atoms with Crippen molar-refractivity contribution in [3.63, 3.8) is 0 Å². The third-order valence-electron chi connectivity index (χ3n) is 3.14. The highest BCUT2D eigenvalue weighted by atomic mass is 16.5. The molecule has 18 heavy (non-hydrogen) atoms. The van der Waals surface area contributed by atoms with Gasteiger partial charge in [-0.3, -0.25) is 0 Å². The third kappa shape index (κ3) is 2.74. The summed E-state index contributed by atoms with van der Waals surface area (Å²) < 4.78 is 10.8. The summed E-state index contributed by atoms with van der Waals surface area (Å²) >= 11 is 0. The molecule has 0 aliphatic carbocycles. The van der Waals surface area contributed by atoms with Crippen molar-refractivity contribution in [3.05, 3.63) is 53.5 Å². The van der Waals surface area contributed by atoms with E-state index in [0.29, 0.717) is 0 Å². The maximum Gasteiger partial charge on any atom is 0.123 e. The molecule has 2 rings (SSSR count). The van der Waals surface area contributed by atoms with Gasteiger partial charge in [0.15, 0.2) is 0 Å². The van der Waals surface area contributed by atoms with E-state index in [2.05, 4.69) is 24.4 Å². The van der Waals surface area contributed by atoms with Crippen LogP contribution in [0.25, 0.3) is 0 Å². The monoisotopic (exact) mass is 245 g/mol. The first-order valence-corrected chi connectivity index (χ1v) is 6.08. The van der Waals surface area contributed by atoms with Gasteiger partial charge < -0.3 is 14.5 Å². The Hall–Kier alpha value is -1.74. The predicted octanol–water partition coefficient (Wildman–Crippen LogP) is 3.10. The van der Waals surface area contributed by atoms with Crippen LogP contribution in [0.2, 0.25) is 0 Å². The van der Waals surface area contributed by atoms with Gasteiger partial charge in [0.2, 0.25) is 0 Å². The van der Waals surface area contributed by atoms with Gasteiger partial charge in [0.1, 0.15) is 11.5 Å². The molecule has 0 aliphatic heterocycles. The minimum absolute atomic E-state index is 0.187. The molecule has 1 atom stereocenters. The van der Waals surface area contributed by atoms with Crippen LogP contribution in [0.3, 0.4) is 0 Å². The molecule has 3 nitrogen and oxygen atoms in total. The number of aryl methyl sites for hydroxylation is 1. The molecular formula is C15H19NO2. The van der Waals surface area contributed by atoms with E-state index in [-0.39, 0.29) is 6.04 Å². The molecule has 0 radical (unpaired) electrons. The van der Waals surface area contributed by atoms with Crippen LogP contribution in [0, 0.1) is 6.92 Å². The maximum atomic E-state index is 5.55. The maximum absolute atomic E-state index is 5.55. The molecule has 0 saturated heterocycles. The smallest absolute Gasteiger partial charge is 0.123 e. The molecular weight excluding hydrogens is 226 g/mol. The molecule has 0 aliphatic rings. The van der Waals surface area contributed by atoms with E-state index >= 15 is 0 Å². The molecule has 1 heterocycles. The zero-order valence-corrected chi connectivity index (χ0v) is 11.1. The average molecular weight is 245 g/mol. The molecule has 1 N–H and O–H groups in total. The van der Waals surface area contributed by atoms with Crippen molar-refractivity contribution in [2.45, 2.75) is 19.4 Å². The molecule has 0 bridgehead atoms. The largest absolute Gasteiger partial charge is 0.497 e. The number of hydrogen-bond donors (Lipinski definition) is 1. The third-order valence-corrected chi connectivity index (χ3v) is 3.14. The number of benzene rings is 1. The number of likely N-dealkylation sites (N-methyl/N-ethyl adjacent to an activating group) is 1. The van der Waals surface area contributed by atoms with Crippen molar-refractivity contribution in [3.8, 4) is 5.75 Å². The minimum atomic E-state index is 0.187. The highest BCUT2D eigenvalue weighted by Gasteiger charge is 2.15.